The van der Waals surface area contributed by atoms with Crippen molar-refractivity contribution in [3.05, 3.63) is 53.3 Å². The molecule has 7 heteroatoms. The summed E-state index contributed by atoms with van der Waals surface area (Å²) in [5.41, 5.74) is 4.66. The Hall–Kier alpha value is -2.93. The molecule has 1 aromatic carbocycles. The van der Waals surface area contributed by atoms with Gasteiger partial charge in [-0.3, -0.25) is 5.10 Å². The fraction of sp³-hybridized carbons (Fsp3) is 0.536. The second-order valence-electron chi connectivity index (χ2n) is 12.2. The third kappa shape index (κ3) is 5.50. The SMILES string of the molecule is Cc1[nH]ncc1CC(C)(C)c1ccc(-c2ccc(N(C)C3CC(C)(C)NC(C)(C)C3)nn2)c(O)c1. The molecule has 0 radical (unpaired) electrons. The molecule has 1 saturated heterocycles. The molecule has 7 nitrogen and oxygen atoms in total. The van der Waals surface area contributed by atoms with Crippen LogP contribution in [-0.2, 0) is 11.8 Å². The highest BCUT2D eigenvalue weighted by Crippen LogP contribution is 2.36. The average molecular weight is 477 g/mol. The Bertz CT molecular complexity index is 1160. The molecular weight excluding hydrogens is 436 g/mol. The Kier molecular flexibility index (Phi) is 6.43. The topological polar surface area (TPSA) is 90.0 Å². The summed E-state index contributed by atoms with van der Waals surface area (Å²) in [6.45, 7) is 15.4. The number of hydrogen-bond acceptors (Lipinski definition) is 6. The van der Waals surface area contributed by atoms with Crippen LogP contribution in [0.3, 0.4) is 0 Å². The van der Waals surface area contributed by atoms with Gasteiger partial charge in [0.2, 0.25) is 0 Å². The van der Waals surface area contributed by atoms with E-state index in [0.717, 1.165) is 36.3 Å². The minimum atomic E-state index is -0.153. The van der Waals surface area contributed by atoms with E-state index in [1.54, 1.807) is 0 Å². The number of nitrogens with one attached hydrogen (secondary N) is 2. The zero-order valence-electron chi connectivity index (χ0n) is 22.4. The van der Waals surface area contributed by atoms with E-state index in [1.165, 1.54) is 5.56 Å². The van der Waals surface area contributed by atoms with Crippen molar-refractivity contribution in [3.63, 3.8) is 0 Å². The van der Waals surface area contributed by atoms with Crippen LogP contribution in [0.25, 0.3) is 11.3 Å². The van der Waals surface area contributed by atoms with E-state index in [2.05, 4.69) is 85.3 Å². The number of rotatable bonds is 6. The molecule has 0 unspecified atom stereocenters. The second-order valence-corrected chi connectivity index (χ2v) is 12.2. The van der Waals surface area contributed by atoms with Crippen LogP contribution >= 0.6 is 0 Å². The number of hydrogen-bond donors (Lipinski definition) is 3. The number of piperidine rings is 1. The normalized spacial score (nSPS) is 17.9. The molecule has 0 aliphatic carbocycles. The molecule has 1 aliphatic rings. The van der Waals surface area contributed by atoms with Crippen LogP contribution in [0.2, 0.25) is 0 Å². The van der Waals surface area contributed by atoms with Gasteiger partial charge in [-0.15, -0.1) is 10.2 Å². The molecule has 3 N–H and O–H groups in total. The van der Waals surface area contributed by atoms with Crippen LogP contribution in [0.15, 0.2) is 36.5 Å². The summed E-state index contributed by atoms with van der Waals surface area (Å²) >= 11 is 0. The smallest absolute Gasteiger partial charge is 0.151 e. The number of benzene rings is 1. The molecule has 3 aromatic rings. The summed E-state index contributed by atoms with van der Waals surface area (Å²) in [4.78, 5) is 2.24. The molecule has 1 fully saturated rings. The van der Waals surface area contributed by atoms with Crippen molar-refractivity contribution in [2.45, 2.75) is 90.3 Å². The second kappa shape index (κ2) is 8.94. The lowest BCUT2D eigenvalue weighted by atomic mass is 9.79. The third-order valence-electron chi connectivity index (χ3n) is 7.35. The maximum atomic E-state index is 10.9. The monoisotopic (exact) mass is 476 g/mol. The van der Waals surface area contributed by atoms with Crippen molar-refractivity contribution in [1.82, 2.24) is 25.7 Å². The molecule has 188 valence electrons. The third-order valence-corrected chi connectivity index (χ3v) is 7.35. The van der Waals surface area contributed by atoms with Gasteiger partial charge in [-0.05, 0) is 94.7 Å². The highest BCUT2D eigenvalue weighted by Gasteiger charge is 2.39. The molecule has 0 saturated carbocycles. The van der Waals surface area contributed by atoms with Crippen LogP contribution in [0.1, 0.15) is 71.2 Å². The van der Waals surface area contributed by atoms with Gasteiger partial charge in [0, 0.05) is 35.4 Å². The van der Waals surface area contributed by atoms with E-state index in [4.69, 9.17) is 0 Å². The van der Waals surface area contributed by atoms with Gasteiger partial charge in [-0.2, -0.15) is 5.10 Å². The van der Waals surface area contributed by atoms with Crippen molar-refractivity contribution in [3.8, 4) is 17.0 Å². The van der Waals surface area contributed by atoms with E-state index in [9.17, 15) is 5.11 Å². The van der Waals surface area contributed by atoms with Crippen molar-refractivity contribution < 1.29 is 5.11 Å². The first-order valence-corrected chi connectivity index (χ1v) is 12.4. The largest absolute Gasteiger partial charge is 0.507 e. The summed E-state index contributed by atoms with van der Waals surface area (Å²) < 4.78 is 0. The minimum Gasteiger partial charge on any atom is -0.507 e. The molecule has 3 heterocycles. The predicted octanol–water partition coefficient (Wildman–Crippen LogP) is 5.15. The molecule has 0 spiro atoms. The van der Waals surface area contributed by atoms with Crippen molar-refractivity contribution >= 4 is 5.82 Å². The van der Waals surface area contributed by atoms with Crippen molar-refractivity contribution in [2.75, 3.05) is 11.9 Å². The number of aromatic hydroxyl groups is 1. The fourth-order valence-electron chi connectivity index (χ4n) is 5.69. The zero-order valence-corrected chi connectivity index (χ0v) is 22.4. The van der Waals surface area contributed by atoms with Gasteiger partial charge in [0.05, 0.1) is 11.9 Å². The summed E-state index contributed by atoms with van der Waals surface area (Å²) in [6, 6.07) is 10.2. The molecule has 1 aliphatic heterocycles. The van der Waals surface area contributed by atoms with Gasteiger partial charge >= 0.3 is 0 Å². The predicted molar refractivity (Wildman–Crippen MR) is 142 cm³/mol. The molecule has 0 amide bonds. The number of anilines is 1. The summed E-state index contributed by atoms with van der Waals surface area (Å²) in [5.74, 6) is 1.07. The molecule has 0 atom stereocenters. The van der Waals surface area contributed by atoms with Gasteiger partial charge in [-0.1, -0.05) is 19.9 Å². The zero-order chi connectivity index (χ0) is 25.6. The van der Waals surface area contributed by atoms with Crippen LogP contribution in [-0.4, -0.2) is 49.7 Å². The van der Waals surface area contributed by atoms with Gasteiger partial charge in [0.15, 0.2) is 5.82 Å². The summed E-state index contributed by atoms with van der Waals surface area (Å²) in [7, 11) is 2.10. The van der Waals surface area contributed by atoms with E-state index >= 15 is 0 Å². The highest BCUT2D eigenvalue weighted by atomic mass is 16.3. The van der Waals surface area contributed by atoms with Crippen molar-refractivity contribution in [1.29, 1.82) is 0 Å². The lowest BCUT2D eigenvalue weighted by Crippen LogP contribution is -2.62. The Morgan fingerprint density at radius 3 is 2.29 bits per heavy atom. The van der Waals surface area contributed by atoms with E-state index in [0.29, 0.717) is 17.3 Å². The standard InChI is InChI=1S/C28H40N6O/c1-18-19(17-29-30-18)14-26(2,3)20-9-10-22(24(35)13-20)23-11-12-25(32-31-23)34(8)21-15-27(4,5)33-28(6,7)16-21/h9-13,17,21,33,35H,14-16H2,1-8H3,(H,29,30). The van der Waals surface area contributed by atoms with Gasteiger partial charge < -0.3 is 15.3 Å². The summed E-state index contributed by atoms with van der Waals surface area (Å²) in [6.07, 6.45) is 4.78. The van der Waals surface area contributed by atoms with Gasteiger partial charge in [0.25, 0.3) is 0 Å². The highest BCUT2D eigenvalue weighted by molar-refractivity contribution is 5.68. The molecule has 0 bridgehead atoms. The van der Waals surface area contributed by atoms with Crippen molar-refractivity contribution in [2.24, 2.45) is 0 Å². The first-order valence-electron chi connectivity index (χ1n) is 12.4. The molecule has 35 heavy (non-hydrogen) atoms. The average Bonchev–Trinajstić information content (AvgIpc) is 3.15. The maximum absolute atomic E-state index is 10.9. The van der Waals surface area contributed by atoms with Crippen LogP contribution in [0, 0.1) is 6.92 Å². The minimum absolute atomic E-state index is 0.0612. The Morgan fingerprint density at radius 1 is 1.06 bits per heavy atom. The molecule has 4 rings (SSSR count). The number of aromatic nitrogens is 4. The first-order chi connectivity index (χ1) is 16.3. The number of aryl methyl sites for hydroxylation is 1. The van der Waals surface area contributed by atoms with Crippen LogP contribution in [0.5, 0.6) is 5.75 Å². The number of phenolic OH excluding ortho intramolecular Hbond substituents is 1. The van der Waals surface area contributed by atoms with E-state index in [1.807, 2.05) is 37.4 Å². The molecule has 2 aromatic heterocycles. The number of aromatic amines is 1. The lowest BCUT2D eigenvalue weighted by molar-refractivity contribution is 0.160. The Balaban J connectivity index is 1.52. The number of phenols is 1. The summed E-state index contributed by atoms with van der Waals surface area (Å²) in [5, 5.41) is 30.8. The van der Waals surface area contributed by atoms with Crippen LogP contribution in [0.4, 0.5) is 5.82 Å². The maximum Gasteiger partial charge on any atom is 0.151 e. The first kappa shape index (κ1) is 25.2. The molecular formula is C28H40N6O. The lowest BCUT2D eigenvalue weighted by Gasteiger charge is -2.49. The van der Waals surface area contributed by atoms with E-state index < -0.39 is 0 Å². The Morgan fingerprint density at radius 2 is 1.74 bits per heavy atom. The van der Waals surface area contributed by atoms with Crippen LogP contribution < -0.4 is 10.2 Å². The Labute approximate surface area is 209 Å². The van der Waals surface area contributed by atoms with Gasteiger partial charge in [-0.25, -0.2) is 0 Å². The number of H-pyrrole nitrogens is 1. The van der Waals surface area contributed by atoms with Gasteiger partial charge in [0.1, 0.15) is 5.75 Å². The quantitative estimate of drug-likeness (QED) is 0.456. The van der Waals surface area contributed by atoms with E-state index in [-0.39, 0.29) is 22.2 Å². The number of nitrogens with zero attached hydrogens (tertiary/aromatic N) is 4. The fourth-order valence-corrected chi connectivity index (χ4v) is 5.69.